The Balaban J connectivity index is 2.28. The number of ether oxygens (including phenoxy) is 2. The molecule has 4 heteroatoms. The molecule has 2 aromatic rings. The maximum atomic E-state index is 11.7. The third kappa shape index (κ3) is 4.25. The molecule has 0 radical (unpaired) electrons. The topological polar surface area (TPSA) is 55.8 Å². The SMILES string of the molecule is CCOc1cc(CC(C(=O)O)c2ccc(C)cc2)ccc1OC. The lowest BCUT2D eigenvalue weighted by Crippen LogP contribution is -2.14. The minimum Gasteiger partial charge on any atom is -0.493 e. The number of rotatable bonds is 7. The van der Waals surface area contributed by atoms with E-state index in [2.05, 4.69) is 0 Å². The summed E-state index contributed by atoms with van der Waals surface area (Å²) in [5, 5.41) is 9.57. The Morgan fingerprint density at radius 1 is 1.13 bits per heavy atom. The largest absolute Gasteiger partial charge is 0.493 e. The van der Waals surface area contributed by atoms with Gasteiger partial charge in [0.15, 0.2) is 11.5 Å². The van der Waals surface area contributed by atoms with Crippen molar-refractivity contribution in [1.29, 1.82) is 0 Å². The maximum absolute atomic E-state index is 11.7. The number of methoxy groups -OCH3 is 1. The van der Waals surface area contributed by atoms with Gasteiger partial charge >= 0.3 is 5.97 Å². The van der Waals surface area contributed by atoms with E-state index in [1.807, 2.05) is 56.3 Å². The number of aryl methyl sites for hydroxylation is 1. The van der Waals surface area contributed by atoms with Gasteiger partial charge in [0.05, 0.1) is 19.6 Å². The van der Waals surface area contributed by atoms with Gasteiger partial charge in [-0.2, -0.15) is 0 Å². The van der Waals surface area contributed by atoms with E-state index < -0.39 is 11.9 Å². The van der Waals surface area contributed by atoms with Gasteiger partial charge in [0.1, 0.15) is 0 Å². The predicted molar refractivity (Wildman–Crippen MR) is 89.4 cm³/mol. The van der Waals surface area contributed by atoms with Gasteiger partial charge in [0.2, 0.25) is 0 Å². The van der Waals surface area contributed by atoms with Crippen LogP contribution in [0.15, 0.2) is 42.5 Å². The van der Waals surface area contributed by atoms with Crippen LogP contribution in [-0.4, -0.2) is 24.8 Å². The third-order valence-corrected chi connectivity index (χ3v) is 3.75. The molecule has 0 fully saturated rings. The molecule has 0 bridgehead atoms. The number of carboxylic acid groups (broad SMARTS) is 1. The monoisotopic (exact) mass is 314 g/mol. The summed E-state index contributed by atoms with van der Waals surface area (Å²) >= 11 is 0. The number of benzene rings is 2. The maximum Gasteiger partial charge on any atom is 0.311 e. The van der Waals surface area contributed by atoms with Gasteiger partial charge in [-0.1, -0.05) is 35.9 Å². The van der Waals surface area contributed by atoms with Crippen molar-refractivity contribution < 1.29 is 19.4 Å². The fourth-order valence-electron chi connectivity index (χ4n) is 2.50. The highest BCUT2D eigenvalue weighted by atomic mass is 16.5. The Morgan fingerprint density at radius 2 is 1.83 bits per heavy atom. The van der Waals surface area contributed by atoms with E-state index in [4.69, 9.17) is 9.47 Å². The van der Waals surface area contributed by atoms with Crippen molar-refractivity contribution in [3.8, 4) is 11.5 Å². The van der Waals surface area contributed by atoms with Gasteiger partial charge in [0, 0.05) is 0 Å². The Morgan fingerprint density at radius 3 is 2.39 bits per heavy atom. The van der Waals surface area contributed by atoms with Crippen LogP contribution < -0.4 is 9.47 Å². The van der Waals surface area contributed by atoms with Crippen molar-refractivity contribution in [3.63, 3.8) is 0 Å². The molecule has 2 rings (SSSR count). The minimum absolute atomic E-state index is 0.405. The second-order valence-electron chi connectivity index (χ2n) is 5.42. The highest BCUT2D eigenvalue weighted by molar-refractivity contribution is 5.76. The molecule has 0 saturated carbocycles. The molecule has 1 atom stereocenters. The van der Waals surface area contributed by atoms with E-state index in [9.17, 15) is 9.90 Å². The first-order valence-electron chi connectivity index (χ1n) is 7.64. The number of carbonyl (C=O) groups is 1. The summed E-state index contributed by atoms with van der Waals surface area (Å²) in [6, 6.07) is 13.2. The van der Waals surface area contributed by atoms with Crippen LogP contribution in [0, 0.1) is 6.92 Å². The molecule has 0 aliphatic heterocycles. The lowest BCUT2D eigenvalue weighted by atomic mass is 9.91. The molecule has 23 heavy (non-hydrogen) atoms. The highest BCUT2D eigenvalue weighted by Crippen LogP contribution is 2.30. The first-order valence-corrected chi connectivity index (χ1v) is 7.64. The molecule has 4 nitrogen and oxygen atoms in total. The quantitative estimate of drug-likeness (QED) is 0.844. The lowest BCUT2D eigenvalue weighted by Gasteiger charge is -2.15. The molecule has 0 amide bonds. The Hall–Kier alpha value is -2.49. The summed E-state index contributed by atoms with van der Waals surface area (Å²) in [7, 11) is 1.59. The van der Waals surface area contributed by atoms with Crippen LogP contribution in [0.5, 0.6) is 11.5 Å². The zero-order valence-corrected chi connectivity index (χ0v) is 13.7. The molecule has 1 N–H and O–H groups in total. The second kappa shape index (κ2) is 7.68. The summed E-state index contributed by atoms with van der Waals surface area (Å²) in [4.78, 5) is 11.7. The molecule has 0 spiro atoms. The second-order valence-corrected chi connectivity index (χ2v) is 5.42. The number of hydrogen-bond donors (Lipinski definition) is 1. The minimum atomic E-state index is -0.831. The number of carboxylic acids is 1. The third-order valence-electron chi connectivity index (χ3n) is 3.75. The van der Waals surface area contributed by atoms with E-state index in [-0.39, 0.29) is 0 Å². The van der Waals surface area contributed by atoms with Crippen LogP contribution in [-0.2, 0) is 11.2 Å². The van der Waals surface area contributed by atoms with Crippen LogP contribution >= 0.6 is 0 Å². The van der Waals surface area contributed by atoms with Gasteiger partial charge in [0.25, 0.3) is 0 Å². The van der Waals surface area contributed by atoms with Gasteiger partial charge in [-0.3, -0.25) is 4.79 Å². The molecular formula is C19H22O4. The van der Waals surface area contributed by atoms with Gasteiger partial charge in [-0.15, -0.1) is 0 Å². The van der Waals surface area contributed by atoms with E-state index in [1.54, 1.807) is 7.11 Å². The number of hydrogen-bond acceptors (Lipinski definition) is 3. The standard InChI is InChI=1S/C19H22O4/c1-4-23-18-12-14(7-10-17(18)22-3)11-16(19(20)21)15-8-5-13(2)6-9-15/h5-10,12,16H,4,11H2,1-3H3,(H,20,21). The first-order chi connectivity index (χ1) is 11.0. The van der Waals surface area contributed by atoms with Crippen molar-refractivity contribution in [2.45, 2.75) is 26.2 Å². The molecule has 0 aromatic heterocycles. The van der Waals surface area contributed by atoms with Crippen LogP contribution in [0.1, 0.15) is 29.5 Å². The van der Waals surface area contributed by atoms with E-state index in [1.165, 1.54) is 0 Å². The number of aliphatic carboxylic acids is 1. The fourth-order valence-corrected chi connectivity index (χ4v) is 2.50. The van der Waals surface area contributed by atoms with Crippen molar-refractivity contribution >= 4 is 5.97 Å². The Kier molecular flexibility index (Phi) is 5.63. The molecule has 0 heterocycles. The van der Waals surface area contributed by atoms with Crippen LogP contribution in [0.4, 0.5) is 0 Å². The van der Waals surface area contributed by atoms with E-state index in [0.29, 0.717) is 24.5 Å². The van der Waals surface area contributed by atoms with Crippen molar-refractivity contribution in [2.75, 3.05) is 13.7 Å². The van der Waals surface area contributed by atoms with Crippen molar-refractivity contribution in [1.82, 2.24) is 0 Å². The van der Waals surface area contributed by atoms with Gasteiger partial charge in [-0.25, -0.2) is 0 Å². The first kappa shape index (κ1) is 16.9. The Labute approximate surface area is 136 Å². The smallest absolute Gasteiger partial charge is 0.311 e. The summed E-state index contributed by atoms with van der Waals surface area (Å²) < 4.78 is 10.8. The average molecular weight is 314 g/mol. The highest BCUT2D eigenvalue weighted by Gasteiger charge is 2.21. The van der Waals surface area contributed by atoms with Gasteiger partial charge < -0.3 is 14.6 Å². The molecule has 0 aliphatic carbocycles. The van der Waals surface area contributed by atoms with Crippen molar-refractivity contribution in [3.05, 3.63) is 59.2 Å². The lowest BCUT2D eigenvalue weighted by molar-refractivity contribution is -0.138. The molecular weight excluding hydrogens is 292 g/mol. The fraction of sp³-hybridized carbons (Fsp3) is 0.316. The van der Waals surface area contributed by atoms with Crippen molar-refractivity contribution in [2.24, 2.45) is 0 Å². The summed E-state index contributed by atoms with van der Waals surface area (Å²) in [6.07, 6.45) is 0.405. The van der Waals surface area contributed by atoms with E-state index >= 15 is 0 Å². The molecule has 1 unspecified atom stereocenters. The van der Waals surface area contributed by atoms with Crippen LogP contribution in [0.3, 0.4) is 0 Å². The van der Waals surface area contributed by atoms with Crippen LogP contribution in [0.25, 0.3) is 0 Å². The zero-order chi connectivity index (χ0) is 16.8. The molecule has 122 valence electrons. The van der Waals surface area contributed by atoms with Crippen LogP contribution in [0.2, 0.25) is 0 Å². The summed E-state index contributed by atoms with van der Waals surface area (Å²) in [5.41, 5.74) is 2.82. The summed E-state index contributed by atoms with van der Waals surface area (Å²) in [6.45, 7) is 4.41. The van der Waals surface area contributed by atoms with Gasteiger partial charge in [-0.05, 0) is 43.5 Å². The normalized spacial score (nSPS) is 11.8. The molecule has 0 saturated heterocycles. The molecule has 0 aliphatic rings. The zero-order valence-electron chi connectivity index (χ0n) is 13.7. The average Bonchev–Trinajstić information content (AvgIpc) is 2.54. The molecule has 2 aromatic carbocycles. The summed E-state index contributed by atoms with van der Waals surface area (Å²) in [5.74, 6) is -0.126. The Bertz CT molecular complexity index is 662. The van der Waals surface area contributed by atoms with E-state index in [0.717, 1.165) is 16.7 Å². The predicted octanol–water partition coefficient (Wildman–Crippen LogP) is 3.81.